The highest BCUT2D eigenvalue weighted by Crippen LogP contribution is 2.27. The SMILES string of the molecule is CNC(C)c1ccc(-c2ccccn2)cc1Cl. The highest BCUT2D eigenvalue weighted by molar-refractivity contribution is 6.31. The standard InChI is InChI=1S/C14H15ClN2/c1-10(16-2)12-7-6-11(9-13(12)15)14-5-3-4-8-17-14/h3-10,16H,1-2H3. The van der Waals surface area contributed by atoms with Gasteiger partial charge < -0.3 is 5.32 Å². The Morgan fingerprint density at radius 1 is 1.24 bits per heavy atom. The zero-order valence-corrected chi connectivity index (χ0v) is 10.7. The third-order valence-corrected chi connectivity index (χ3v) is 3.19. The first-order valence-corrected chi connectivity index (χ1v) is 5.98. The van der Waals surface area contributed by atoms with Crippen LogP contribution in [0.4, 0.5) is 0 Å². The monoisotopic (exact) mass is 246 g/mol. The molecule has 2 rings (SSSR count). The van der Waals surface area contributed by atoms with Crippen LogP contribution in [0.3, 0.4) is 0 Å². The summed E-state index contributed by atoms with van der Waals surface area (Å²) in [5.74, 6) is 0. The van der Waals surface area contributed by atoms with Crippen LogP contribution in [0, 0.1) is 0 Å². The number of nitrogens with one attached hydrogen (secondary N) is 1. The molecule has 17 heavy (non-hydrogen) atoms. The van der Waals surface area contributed by atoms with E-state index in [-0.39, 0.29) is 6.04 Å². The number of hydrogen-bond donors (Lipinski definition) is 1. The van der Waals surface area contributed by atoms with E-state index in [1.54, 1.807) is 6.20 Å². The Labute approximate surface area is 107 Å². The van der Waals surface area contributed by atoms with Crippen molar-refractivity contribution in [3.05, 3.63) is 53.2 Å². The molecule has 0 fully saturated rings. The molecule has 0 bridgehead atoms. The van der Waals surface area contributed by atoms with E-state index >= 15 is 0 Å². The van der Waals surface area contributed by atoms with Gasteiger partial charge in [0.2, 0.25) is 0 Å². The van der Waals surface area contributed by atoms with Gasteiger partial charge in [0.05, 0.1) is 5.69 Å². The quantitative estimate of drug-likeness (QED) is 0.894. The molecule has 0 aliphatic rings. The molecule has 0 aliphatic heterocycles. The minimum atomic E-state index is 0.250. The molecule has 0 spiro atoms. The van der Waals surface area contributed by atoms with Gasteiger partial charge in [0, 0.05) is 22.8 Å². The molecule has 0 amide bonds. The zero-order chi connectivity index (χ0) is 12.3. The van der Waals surface area contributed by atoms with Crippen molar-refractivity contribution in [1.29, 1.82) is 0 Å². The summed E-state index contributed by atoms with van der Waals surface area (Å²) >= 11 is 6.29. The molecule has 2 aromatic rings. The molecule has 1 N–H and O–H groups in total. The number of rotatable bonds is 3. The van der Waals surface area contributed by atoms with E-state index in [0.717, 1.165) is 21.8 Å². The van der Waals surface area contributed by atoms with E-state index in [1.807, 2.05) is 37.4 Å². The molecule has 0 radical (unpaired) electrons. The van der Waals surface area contributed by atoms with Crippen LogP contribution in [0.1, 0.15) is 18.5 Å². The normalized spacial score (nSPS) is 12.4. The molecule has 2 nitrogen and oxygen atoms in total. The minimum absolute atomic E-state index is 0.250. The first-order chi connectivity index (χ1) is 8.22. The fraction of sp³-hybridized carbons (Fsp3) is 0.214. The summed E-state index contributed by atoms with van der Waals surface area (Å²) in [6, 6.07) is 12.2. The second kappa shape index (κ2) is 5.30. The van der Waals surface area contributed by atoms with Crippen molar-refractivity contribution in [3.63, 3.8) is 0 Å². The number of pyridine rings is 1. The van der Waals surface area contributed by atoms with E-state index < -0.39 is 0 Å². The van der Waals surface area contributed by atoms with Crippen molar-refractivity contribution in [3.8, 4) is 11.3 Å². The van der Waals surface area contributed by atoms with Crippen molar-refractivity contribution < 1.29 is 0 Å². The van der Waals surface area contributed by atoms with Gasteiger partial charge in [0.15, 0.2) is 0 Å². The van der Waals surface area contributed by atoms with Gasteiger partial charge in [-0.05, 0) is 37.7 Å². The van der Waals surface area contributed by atoms with E-state index in [0.29, 0.717) is 0 Å². The minimum Gasteiger partial charge on any atom is -0.313 e. The molecule has 1 aromatic heterocycles. The summed E-state index contributed by atoms with van der Waals surface area (Å²) in [6.45, 7) is 2.08. The Hall–Kier alpha value is -1.38. The second-order valence-electron chi connectivity index (χ2n) is 3.96. The van der Waals surface area contributed by atoms with Crippen LogP contribution in [0.5, 0.6) is 0 Å². The summed E-state index contributed by atoms with van der Waals surface area (Å²) in [5.41, 5.74) is 3.09. The van der Waals surface area contributed by atoms with Crippen LogP contribution in [0.2, 0.25) is 5.02 Å². The van der Waals surface area contributed by atoms with E-state index in [1.165, 1.54) is 0 Å². The van der Waals surface area contributed by atoms with Gasteiger partial charge in [-0.2, -0.15) is 0 Å². The first kappa shape index (κ1) is 12.1. The maximum absolute atomic E-state index is 6.29. The van der Waals surface area contributed by atoms with Gasteiger partial charge in [-0.15, -0.1) is 0 Å². The van der Waals surface area contributed by atoms with Crippen LogP contribution < -0.4 is 5.32 Å². The lowest BCUT2D eigenvalue weighted by Gasteiger charge is -2.13. The smallest absolute Gasteiger partial charge is 0.0702 e. The first-order valence-electron chi connectivity index (χ1n) is 5.60. The fourth-order valence-electron chi connectivity index (χ4n) is 1.73. The van der Waals surface area contributed by atoms with Crippen LogP contribution in [0.15, 0.2) is 42.6 Å². The summed E-state index contributed by atoms with van der Waals surface area (Å²) in [7, 11) is 1.92. The third-order valence-electron chi connectivity index (χ3n) is 2.86. The highest BCUT2D eigenvalue weighted by atomic mass is 35.5. The lowest BCUT2D eigenvalue weighted by Crippen LogP contribution is -2.12. The maximum Gasteiger partial charge on any atom is 0.0702 e. The van der Waals surface area contributed by atoms with E-state index in [2.05, 4.69) is 23.3 Å². The number of aromatic nitrogens is 1. The van der Waals surface area contributed by atoms with Gasteiger partial charge in [-0.25, -0.2) is 0 Å². The predicted octanol–water partition coefficient (Wildman–Crippen LogP) is 3.68. The van der Waals surface area contributed by atoms with Crippen molar-refractivity contribution in [2.24, 2.45) is 0 Å². The number of benzene rings is 1. The Morgan fingerprint density at radius 2 is 2.06 bits per heavy atom. The fourth-order valence-corrected chi connectivity index (χ4v) is 2.07. The predicted molar refractivity (Wildman–Crippen MR) is 72.2 cm³/mol. The zero-order valence-electron chi connectivity index (χ0n) is 9.94. The molecule has 0 saturated heterocycles. The molecule has 1 atom stereocenters. The summed E-state index contributed by atoms with van der Waals surface area (Å²) < 4.78 is 0. The Balaban J connectivity index is 2.38. The molecule has 1 aromatic carbocycles. The Morgan fingerprint density at radius 3 is 2.65 bits per heavy atom. The molecule has 0 saturated carbocycles. The molecule has 1 heterocycles. The summed E-state index contributed by atoms with van der Waals surface area (Å²) in [6.07, 6.45) is 1.79. The number of halogens is 1. The van der Waals surface area contributed by atoms with Gasteiger partial charge in [-0.1, -0.05) is 29.8 Å². The molecule has 88 valence electrons. The number of hydrogen-bond acceptors (Lipinski definition) is 2. The molecule has 1 unspecified atom stereocenters. The summed E-state index contributed by atoms with van der Waals surface area (Å²) in [5, 5.41) is 3.95. The largest absolute Gasteiger partial charge is 0.313 e. The van der Waals surface area contributed by atoms with Gasteiger partial charge in [0.25, 0.3) is 0 Å². The molecule has 3 heteroatoms. The third kappa shape index (κ3) is 2.65. The lowest BCUT2D eigenvalue weighted by molar-refractivity contribution is 0.652. The van der Waals surface area contributed by atoms with Crippen LogP contribution >= 0.6 is 11.6 Å². The molecule has 0 aliphatic carbocycles. The molecular formula is C14H15ClN2. The van der Waals surface area contributed by atoms with E-state index in [9.17, 15) is 0 Å². The maximum atomic E-state index is 6.29. The number of nitrogens with zero attached hydrogens (tertiary/aromatic N) is 1. The van der Waals surface area contributed by atoms with Crippen LogP contribution in [0.25, 0.3) is 11.3 Å². The lowest BCUT2D eigenvalue weighted by atomic mass is 10.0. The van der Waals surface area contributed by atoms with Crippen molar-refractivity contribution in [2.45, 2.75) is 13.0 Å². The Kier molecular flexibility index (Phi) is 3.77. The van der Waals surface area contributed by atoms with E-state index in [4.69, 9.17) is 11.6 Å². The highest BCUT2D eigenvalue weighted by Gasteiger charge is 2.09. The topological polar surface area (TPSA) is 24.9 Å². The summed E-state index contributed by atoms with van der Waals surface area (Å²) in [4.78, 5) is 4.31. The second-order valence-corrected chi connectivity index (χ2v) is 4.37. The van der Waals surface area contributed by atoms with Crippen molar-refractivity contribution in [1.82, 2.24) is 10.3 Å². The average molecular weight is 247 g/mol. The van der Waals surface area contributed by atoms with Gasteiger partial charge in [0.1, 0.15) is 0 Å². The molecular weight excluding hydrogens is 232 g/mol. The van der Waals surface area contributed by atoms with Crippen LogP contribution in [-0.4, -0.2) is 12.0 Å². The van der Waals surface area contributed by atoms with Gasteiger partial charge in [-0.3, -0.25) is 4.98 Å². The van der Waals surface area contributed by atoms with Crippen molar-refractivity contribution >= 4 is 11.6 Å². The van der Waals surface area contributed by atoms with Crippen LogP contribution in [-0.2, 0) is 0 Å². The van der Waals surface area contributed by atoms with Crippen molar-refractivity contribution in [2.75, 3.05) is 7.05 Å². The van der Waals surface area contributed by atoms with Gasteiger partial charge >= 0.3 is 0 Å². The Bertz CT molecular complexity index is 497. The average Bonchev–Trinajstić information content (AvgIpc) is 2.39.